The number of nitrogens with zero attached hydrogens (tertiary/aromatic N) is 1. The first-order chi connectivity index (χ1) is 11.2. The Labute approximate surface area is 141 Å². The van der Waals surface area contributed by atoms with Gasteiger partial charge in [-0.05, 0) is 55.4 Å². The molecule has 0 radical (unpaired) electrons. The largest absolute Gasteiger partial charge is 0.363 e. The third-order valence-corrected chi connectivity index (χ3v) is 5.18. The molecule has 4 nitrogen and oxygen atoms in total. The van der Waals surface area contributed by atoms with Gasteiger partial charge in [0.05, 0.1) is 6.04 Å². The fraction of sp³-hybridized carbons (Fsp3) is 0.389. The number of nitrogens with one attached hydrogen (secondary N) is 3. The molecule has 120 valence electrons. The molecule has 1 aliphatic carbocycles. The second kappa shape index (κ2) is 5.65. The highest BCUT2D eigenvalue weighted by Gasteiger charge is 2.33. The van der Waals surface area contributed by atoms with Gasteiger partial charge in [0, 0.05) is 36.2 Å². The number of H-pyrrole nitrogens is 1. The van der Waals surface area contributed by atoms with Crippen molar-refractivity contribution in [1.29, 1.82) is 0 Å². The van der Waals surface area contributed by atoms with Gasteiger partial charge in [-0.2, -0.15) is 0 Å². The van der Waals surface area contributed by atoms with E-state index in [-0.39, 0.29) is 6.04 Å². The average Bonchev–Trinajstić information content (AvgIpc) is 2.93. The first-order valence-corrected chi connectivity index (χ1v) is 8.64. The van der Waals surface area contributed by atoms with Crippen LogP contribution in [0.2, 0.25) is 0 Å². The first-order valence-electron chi connectivity index (χ1n) is 8.23. The molecular weight excluding hydrogens is 304 g/mol. The van der Waals surface area contributed by atoms with E-state index in [0.29, 0.717) is 6.04 Å². The summed E-state index contributed by atoms with van der Waals surface area (Å²) in [5, 5.41) is 8.73. The third kappa shape index (κ3) is 2.44. The lowest BCUT2D eigenvalue weighted by Gasteiger charge is -2.40. The van der Waals surface area contributed by atoms with Crippen molar-refractivity contribution in [2.45, 2.75) is 25.4 Å². The Morgan fingerprint density at radius 2 is 2.30 bits per heavy atom. The fourth-order valence-electron chi connectivity index (χ4n) is 3.92. The molecule has 0 saturated carbocycles. The summed E-state index contributed by atoms with van der Waals surface area (Å²) in [4.78, 5) is 5.85. The molecule has 2 aliphatic rings. The molecule has 3 N–H and O–H groups in total. The Morgan fingerprint density at radius 3 is 3.13 bits per heavy atom. The van der Waals surface area contributed by atoms with Crippen LogP contribution in [0.25, 0.3) is 16.5 Å². The standard InChI is InChI=1S/C18H22N4S/c1-3-19-18(23)21-12-8-14-13-5-4-6-15-17(13)11(9-20-15)7-16(14)22(2)10-12/h4-6,8-9,12,16,20H,3,7,10H2,1-2H3,(H2,19,21,23)/t12-,16+/m0/s1. The van der Waals surface area contributed by atoms with Crippen molar-refractivity contribution in [3.63, 3.8) is 0 Å². The molecule has 0 unspecified atom stereocenters. The van der Waals surface area contributed by atoms with Crippen LogP contribution < -0.4 is 10.6 Å². The zero-order valence-corrected chi connectivity index (χ0v) is 14.3. The molecule has 23 heavy (non-hydrogen) atoms. The molecule has 5 heteroatoms. The van der Waals surface area contributed by atoms with Gasteiger partial charge in [0.2, 0.25) is 0 Å². The lowest BCUT2D eigenvalue weighted by atomic mass is 9.81. The topological polar surface area (TPSA) is 43.1 Å². The van der Waals surface area contributed by atoms with E-state index in [4.69, 9.17) is 12.2 Å². The SMILES string of the molecule is CCNC(=S)N[C@H]1C=C2c3cccc4[nH]cc(c34)C[C@H]2N(C)C1. The highest BCUT2D eigenvalue weighted by molar-refractivity contribution is 7.80. The maximum Gasteiger partial charge on any atom is 0.166 e. The minimum absolute atomic E-state index is 0.244. The molecule has 2 atom stereocenters. The summed E-state index contributed by atoms with van der Waals surface area (Å²) in [6, 6.07) is 7.24. The highest BCUT2D eigenvalue weighted by atomic mass is 32.1. The number of aromatic amines is 1. The number of aromatic nitrogens is 1. The van der Waals surface area contributed by atoms with Crippen molar-refractivity contribution >= 4 is 33.8 Å². The summed E-state index contributed by atoms with van der Waals surface area (Å²) in [6.07, 6.45) is 5.62. The molecule has 1 aromatic heterocycles. The third-order valence-electron chi connectivity index (χ3n) is 4.92. The van der Waals surface area contributed by atoms with E-state index in [2.05, 4.69) is 65.0 Å². The molecule has 0 saturated heterocycles. The molecule has 2 aromatic rings. The summed E-state index contributed by atoms with van der Waals surface area (Å²) in [5.41, 5.74) is 5.45. The lowest BCUT2D eigenvalue weighted by Crippen LogP contribution is -2.52. The van der Waals surface area contributed by atoms with Crippen molar-refractivity contribution in [1.82, 2.24) is 20.5 Å². The van der Waals surface area contributed by atoms with Gasteiger partial charge >= 0.3 is 0 Å². The number of benzene rings is 1. The van der Waals surface area contributed by atoms with Crippen molar-refractivity contribution in [3.05, 3.63) is 41.6 Å². The lowest BCUT2D eigenvalue weighted by molar-refractivity contribution is 0.262. The van der Waals surface area contributed by atoms with Crippen LogP contribution in [0.4, 0.5) is 0 Å². The summed E-state index contributed by atoms with van der Waals surface area (Å²) in [5.74, 6) is 0. The van der Waals surface area contributed by atoms with E-state index >= 15 is 0 Å². The monoisotopic (exact) mass is 326 g/mol. The molecule has 1 aliphatic heterocycles. The van der Waals surface area contributed by atoms with Crippen LogP contribution >= 0.6 is 12.2 Å². The number of fused-ring (bicyclic) bond motifs is 2. The van der Waals surface area contributed by atoms with E-state index in [0.717, 1.165) is 24.6 Å². The molecular formula is C18H22N4S. The van der Waals surface area contributed by atoms with Crippen LogP contribution in [0.15, 0.2) is 30.5 Å². The maximum absolute atomic E-state index is 5.36. The van der Waals surface area contributed by atoms with Crippen LogP contribution in [0, 0.1) is 0 Å². The van der Waals surface area contributed by atoms with Gasteiger partial charge in [0.15, 0.2) is 5.11 Å². The number of thiocarbonyl (C=S) groups is 1. The van der Waals surface area contributed by atoms with Crippen molar-refractivity contribution in [3.8, 4) is 0 Å². The molecule has 2 heterocycles. The number of hydrogen-bond donors (Lipinski definition) is 3. The van der Waals surface area contributed by atoms with Crippen LogP contribution in [-0.4, -0.2) is 47.2 Å². The quantitative estimate of drug-likeness (QED) is 0.741. The molecule has 1 aromatic carbocycles. The summed E-state index contributed by atoms with van der Waals surface area (Å²) in [6.45, 7) is 3.87. The van der Waals surface area contributed by atoms with E-state index < -0.39 is 0 Å². The van der Waals surface area contributed by atoms with Gasteiger partial charge in [-0.15, -0.1) is 0 Å². The molecule has 0 amide bonds. The number of rotatable bonds is 2. The summed E-state index contributed by atoms with van der Waals surface area (Å²) >= 11 is 5.36. The minimum Gasteiger partial charge on any atom is -0.363 e. The second-order valence-corrected chi connectivity index (χ2v) is 6.84. The van der Waals surface area contributed by atoms with Crippen molar-refractivity contribution in [2.24, 2.45) is 0 Å². The van der Waals surface area contributed by atoms with Crippen LogP contribution in [0.5, 0.6) is 0 Å². The Morgan fingerprint density at radius 1 is 1.43 bits per heavy atom. The Balaban J connectivity index is 1.74. The van der Waals surface area contributed by atoms with Gasteiger partial charge in [-0.3, -0.25) is 4.90 Å². The minimum atomic E-state index is 0.244. The molecule has 0 spiro atoms. The summed E-state index contributed by atoms with van der Waals surface area (Å²) in [7, 11) is 2.21. The fourth-order valence-corrected chi connectivity index (χ4v) is 4.22. The molecule has 4 rings (SSSR count). The highest BCUT2D eigenvalue weighted by Crippen LogP contribution is 2.39. The Hall–Kier alpha value is -1.85. The van der Waals surface area contributed by atoms with Crippen molar-refractivity contribution < 1.29 is 0 Å². The Kier molecular flexibility index (Phi) is 3.62. The van der Waals surface area contributed by atoms with Gasteiger partial charge < -0.3 is 15.6 Å². The van der Waals surface area contributed by atoms with Gasteiger partial charge in [0.25, 0.3) is 0 Å². The predicted octanol–water partition coefficient (Wildman–Crippen LogP) is 2.27. The molecule has 0 bridgehead atoms. The van der Waals surface area contributed by atoms with Crippen LogP contribution in [-0.2, 0) is 6.42 Å². The first kappa shape index (κ1) is 14.7. The zero-order chi connectivity index (χ0) is 16.0. The second-order valence-electron chi connectivity index (χ2n) is 6.43. The number of likely N-dealkylation sites (N-methyl/N-ethyl adjacent to an activating group) is 1. The van der Waals surface area contributed by atoms with Crippen LogP contribution in [0.3, 0.4) is 0 Å². The van der Waals surface area contributed by atoms with Gasteiger partial charge in [0.1, 0.15) is 0 Å². The maximum atomic E-state index is 5.36. The van der Waals surface area contributed by atoms with Crippen LogP contribution in [0.1, 0.15) is 18.1 Å². The van der Waals surface area contributed by atoms with E-state index in [1.807, 2.05) is 0 Å². The van der Waals surface area contributed by atoms with E-state index in [1.54, 1.807) is 0 Å². The molecule has 0 fully saturated rings. The van der Waals surface area contributed by atoms with Gasteiger partial charge in [-0.25, -0.2) is 0 Å². The van der Waals surface area contributed by atoms with E-state index in [1.165, 1.54) is 27.6 Å². The summed E-state index contributed by atoms with van der Waals surface area (Å²) < 4.78 is 0. The van der Waals surface area contributed by atoms with Crippen molar-refractivity contribution in [2.75, 3.05) is 20.1 Å². The zero-order valence-electron chi connectivity index (χ0n) is 13.5. The number of hydrogen-bond acceptors (Lipinski definition) is 2. The Bertz CT molecular complexity index is 791. The van der Waals surface area contributed by atoms with Gasteiger partial charge in [-0.1, -0.05) is 18.2 Å². The smallest absolute Gasteiger partial charge is 0.166 e. The average molecular weight is 326 g/mol. The normalized spacial score (nSPS) is 23.3. The predicted molar refractivity (Wildman–Crippen MR) is 99.6 cm³/mol. The van der Waals surface area contributed by atoms with E-state index in [9.17, 15) is 0 Å².